The van der Waals surface area contributed by atoms with Crippen molar-refractivity contribution < 1.29 is 18.1 Å². The van der Waals surface area contributed by atoms with E-state index in [0.29, 0.717) is 37.6 Å². The summed E-state index contributed by atoms with van der Waals surface area (Å²) in [5.74, 6) is -0.0415. The van der Waals surface area contributed by atoms with Gasteiger partial charge in [0.15, 0.2) is 6.54 Å². The molecule has 3 rings (SSSR count). The average molecular weight is 431 g/mol. The normalized spacial score (nSPS) is 15.9. The lowest BCUT2D eigenvalue weighted by Crippen LogP contribution is -3.15. The van der Waals surface area contributed by atoms with Gasteiger partial charge in [-0.2, -0.15) is 4.31 Å². The number of rotatable bonds is 5. The fourth-order valence-corrected chi connectivity index (χ4v) is 6.07. The maximum atomic E-state index is 13.2. The molecule has 1 amide bonds. The molecule has 7 heteroatoms. The van der Waals surface area contributed by atoms with E-state index < -0.39 is 10.0 Å². The number of quaternary nitrogens is 1. The van der Waals surface area contributed by atoms with Crippen molar-refractivity contribution in [2.75, 3.05) is 38.0 Å². The highest BCUT2D eigenvalue weighted by Gasteiger charge is 2.33. The zero-order chi connectivity index (χ0) is 22.1. The van der Waals surface area contributed by atoms with Crippen LogP contribution in [0.2, 0.25) is 0 Å². The number of anilines is 1. The van der Waals surface area contributed by atoms with E-state index in [1.54, 1.807) is 4.31 Å². The van der Waals surface area contributed by atoms with Crippen molar-refractivity contribution in [2.45, 2.75) is 39.5 Å². The van der Waals surface area contributed by atoms with E-state index in [-0.39, 0.29) is 5.91 Å². The Balaban J connectivity index is 1.62. The second kappa shape index (κ2) is 8.88. The molecular weight excluding hydrogens is 398 g/mol. The van der Waals surface area contributed by atoms with E-state index >= 15 is 0 Å². The Kier molecular flexibility index (Phi) is 6.65. The van der Waals surface area contributed by atoms with Gasteiger partial charge >= 0.3 is 0 Å². The number of nitrogens with one attached hydrogen (secondary N) is 2. The second-order valence-corrected chi connectivity index (χ2v) is 10.3. The van der Waals surface area contributed by atoms with Crippen LogP contribution >= 0.6 is 0 Å². The maximum Gasteiger partial charge on any atom is 0.279 e. The lowest BCUT2D eigenvalue weighted by Gasteiger charge is -2.32. The van der Waals surface area contributed by atoms with Gasteiger partial charge in [-0.3, -0.25) is 4.79 Å². The van der Waals surface area contributed by atoms with Crippen LogP contribution in [0.1, 0.15) is 27.8 Å². The molecule has 1 saturated heterocycles. The maximum absolute atomic E-state index is 13.2. The fraction of sp³-hybridized carbons (Fsp3) is 0.435. The van der Waals surface area contributed by atoms with Crippen molar-refractivity contribution in [2.24, 2.45) is 0 Å². The van der Waals surface area contributed by atoms with Gasteiger partial charge in [-0.05, 0) is 62.9 Å². The van der Waals surface area contributed by atoms with Crippen LogP contribution in [0.25, 0.3) is 0 Å². The molecule has 0 radical (unpaired) electrons. The van der Waals surface area contributed by atoms with Gasteiger partial charge in [0.25, 0.3) is 5.91 Å². The van der Waals surface area contributed by atoms with Crippen LogP contribution in [-0.4, -0.2) is 51.4 Å². The average Bonchev–Trinajstić information content (AvgIpc) is 2.64. The van der Waals surface area contributed by atoms with Crippen LogP contribution in [0, 0.1) is 34.6 Å². The molecule has 162 valence electrons. The van der Waals surface area contributed by atoms with Crippen LogP contribution < -0.4 is 10.2 Å². The number of sulfonamides is 1. The van der Waals surface area contributed by atoms with E-state index in [9.17, 15) is 13.2 Å². The molecule has 0 unspecified atom stereocenters. The molecule has 0 saturated carbocycles. The fourth-order valence-electron chi connectivity index (χ4n) is 4.21. The molecule has 0 bridgehead atoms. The van der Waals surface area contributed by atoms with Gasteiger partial charge in [0, 0.05) is 5.69 Å². The van der Waals surface area contributed by atoms with Crippen LogP contribution in [0.15, 0.2) is 35.2 Å². The molecule has 6 nitrogen and oxygen atoms in total. The number of benzene rings is 2. The molecular formula is C23H32N3O3S+. The first-order valence-corrected chi connectivity index (χ1v) is 11.8. The van der Waals surface area contributed by atoms with Gasteiger partial charge in [0.05, 0.1) is 31.1 Å². The summed E-state index contributed by atoms with van der Waals surface area (Å²) in [6.45, 7) is 12.1. The first-order valence-electron chi connectivity index (χ1n) is 10.4. The van der Waals surface area contributed by atoms with Crippen LogP contribution in [0.3, 0.4) is 0 Å². The van der Waals surface area contributed by atoms with Crippen molar-refractivity contribution in [3.05, 3.63) is 58.1 Å². The summed E-state index contributed by atoms with van der Waals surface area (Å²) in [5, 5.41) is 2.99. The van der Waals surface area contributed by atoms with Gasteiger partial charge in [-0.25, -0.2) is 8.42 Å². The van der Waals surface area contributed by atoms with E-state index in [2.05, 4.69) is 5.32 Å². The summed E-state index contributed by atoms with van der Waals surface area (Å²) < 4.78 is 28.0. The minimum atomic E-state index is -3.53. The largest absolute Gasteiger partial charge is 0.325 e. The zero-order valence-corrected chi connectivity index (χ0v) is 19.3. The molecule has 0 aromatic heterocycles. The Labute approximate surface area is 179 Å². The van der Waals surface area contributed by atoms with Crippen molar-refractivity contribution in [3.63, 3.8) is 0 Å². The quantitative estimate of drug-likeness (QED) is 0.759. The molecule has 1 aliphatic heterocycles. The number of carbonyl (C=O) groups excluding carboxylic acids is 1. The number of aryl methyl sites for hydroxylation is 5. The Hall–Kier alpha value is -2.22. The summed E-state index contributed by atoms with van der Waals surface area (Å²) in [5.41, 5.74) is 5.61. The predicted molar refractivity (Wildman–Crippen MR) is 120 cm³/mol. The van der Waals surface area contributed by atoms with E-state index in [1.165, 1.54) is 0 Å². The lowest BCUT2D eigenvalue weighted by atomic mass is 10.1. The van der Waals surface area contributed by atoms with Crippen molar-refractivity contribution in [1.29, 1.82) is 0 Å². The molecule has 2 aromatic rings. The highest BCUT2D eigenvalue weighted by atomic mass is 32.2. The predicted octanol–water partition coefficient (Wildman–Crippen LogP) is 1.76. The molecule has 0 aliphatic carbocycles. The van der Waals surface area contributed by atoms with Gasteiger partial charge in [-0.1, -0.05) is 29.8 Å². The zero-order valence-electron chi connectivity index (χ0n) is 18.5. The highest BCUT2D eigenvalue weighted by Crippen LogP contribution is 2.25. The van der Waals surface area contributed by atoms with Gasteiger partial charge in [0.1, 0.15) is 0 Å². The summed E-state index contributed by atoms with van der Waals surface area (Å²) in [6, 6.07) is 9.82. The first kappa shape index (κ1) is 22.5. The number of hydrogen-bond acceptors (Lipinski definition) is 3. The molecule has 2 aromatic carbocycles. The summed E-state index contributed by atoms with van der Waals surface area (Å²) >= 11 is 0. The van der Waals surface area contributed by atoms with Gasteiger partial charge in [0.2, 0.25) is 10.0 Å². The number of nitrogens with zero attached hydrogens (tertiary/aromatic N) is 1. The highest BCUT2D eigenvalue weighted by molar-refractivity contribution is 7.89. The molecule has 0 atom stereocenters. The number of carbonyl (C=O) groups is 1. The van der Waals surface area contributed by atoms with Crippen molar-refractivity contribution in [1.82, 2.24) is 4.31 Å². The summed E-state index contributed by atoms with van der Waals surface area (Å²) in [4.78, 5) is 14.0. The van der Waals surface area contributed by atoms with Crippen LogP contribution in [-0.2, 0) is 14.8 Å². The SMILES string of the molecule is Cc1cc(C)c(S(=O)(=O)N2CC[NH+](CC(=O)Nc3cc(C)ccc3C)CC2)c(C)c1. The van der Waals surface area contributed by atoms with Gasteiger partial charge in [-0.15, -0.1) is 0 Å². The monoisotopic (exact) mass is 430 g/mol. The topological polar surface area (TPSA) is 70.9 Å². The Morgan fingerprint density at radius 3 is 2.13 bits per heavy atom. The molecule has 2 N–H and O–H groups in total. The Bertz CT molecular complexity index is 1030. The van der Waals surface area contributed by atoms with Crippen molar-refractivity contribution >= 4 is 21.6 Å². The number of amides is 1. The number of piperazine rings is 1. The third kappa shape index (κ3) is 4.91. The summed E-state index contributed by atoms with van der Waals surface area (Å²) in [6.07, 6.45) is 0. The van der Waals surface area contributed by atoms with Crippen molar-refractivity contribution in [3.8, 4) is 0 Å². The number of hydrogen-bond donors (Lipinski definition) is 2. The lowest BCUT2D eigenvalue weighted by molar-refractivity contribution is -0.895. The smallest absolute Gasteiger partial charge is 0.279 e. The molecule has 1 aliphatic rings. The van der Waals surface area contributed by atoms with E-state index in [4.69, 9.17) is 0 Å². The van der Waals surface area contributed by atoms with Crippen LogP contribution in [0.4, 0.5) is 5.69 Å². The Morgan fingerprint density at radius 2 is 1.53 bits per heavy atom. The molecule has 1 fully saturated rings. The van der Waals surface area contributed by atoms with E-state index in [0.717, 1.165) is 38.4 Å². The second-order valence-electron chi connectivity index (χ2n) is 8.43. The first-order chi connectivity index (χ1) is 14.1. The standard InChI is InChI=1S/C23H31N3O3S/c1-16-6-7-18(3)21(14-16)24-22(27)15-25-8-10-26(11-9-25)30(28,29)23-19(4)12-17(2)13-20(23)5/h6-7,12-14H,8-11,15H2,1-5H3,(H,24,27)/p+1. The minimum absolute atomic E-state index is 0.0415. The molecule has 1 heterocycles. The molecule has 0 spiro atoms. The minimum Gasteiger partial charge on any atom is -0.325 e. The Morgan fingerprint density at radius 1 is 0.933 bits per heavy atom. The van der Waals surface area contributed by atoms with Crippen LogP contribution in [0.5, 0.6) is 0 Å². The van der Waals surface area contributed by atoms with Gasteiger partial charge < -0.3 is 10.2 Å². The molecule has 30 heavy (non-hydrogen) atoms. The summed E-state index contributed by atoms with van der Waals surface area (Å²) in [7, 11) is -3.53. The van der Waals surface area contributed by atoms with E-state index in [1.807, 2.05) is 65.0 Å². The third-order valence-electron chi connectivity index (χ3n) is 5.71. The third-order valence-corrected chi connectivity index (χ3v) is 7.91.